The monoisotopic (exact) mass is 273 g/mol. The van der Waals surface area contributed by atoms with E-state index in [0.29, 0.717) is 11.7 Å². The number of benzene rings is 1. The summed E-state index contributed by atoms with van der Waals surface area (Å²) in [5.74, 6) is 1.17. The molecule has 5 heteroatoms. The van der Waals surface area contributed by atoms with Gasteiger partial charge in [-0.1, -0.05) is 18.1 Å². The Bertz CT molecular complexity index is 591. The number of methoxy groups -OCH3 is 1. The summed E-state index contributed by atoms with van der Waals surface area (Å²) in [4.78, 5) is 4.45. The second kappa shape index (κ2) is 5.73. The summed E-state index contributed by atoms with van der Waals surface area (Å²) in [5, 5.41) is 7.39. The van der Waals surface area contributed by atoms with Crippen molar-refractivity contribution >= 4 is 0 Å². The van der Waals surface area contributed by atoms with Gasteiger partial charge in [-0.3, -0.25) is 0 Å². The van der Waals surface area contributed by atoms with Crippen LogP contribution in [0.3, 0.4) is 0 Å². The van der Waals surface area contributed by atoms with E-state index < -0.39 is 0 Å². The molecule has 0 bridgehead atoms. The Hall–Kier alpha value is -1.72. The highest BCUT2D eigenvalue weighted by Gasteiger charge is 2.18. The molecule has 20 heavy (non-hydrogen) atoms. The van der Waals surface area contributed by atoms with Crippen LogP contribution in [-0.4, -0.2) is 23.8 Å². The van der Waals surface area contributed by atoms with E-state index >= 15 is 0 Å². The maximum absolute atomic E-state index is 5.36. The molecule has 1 aromatic heterocycles. The molecule has 1 atom stereocenters. The highest BCUT2D eigenvalue weighted by molar-refractivity contribution is 5.56. The topological polar surface area (TPSA) is 60.2 Å². The fourth-order valence-corrected chi connectivity index (χ4v) is 2.55. The van der Waals surface area contributed by atoms with Crippen molar-refractivity contribution in [3.05, 3.63) is 35.2 Å². The quantitative estimate of drug-likeness (QED) is 0.927. The van der Waals surface area contributed by atoms with Gasteiger partial charge in [0.1, 0.15) is 6.10 Å². The average molecular weight is 273 g/mol. The van der Waals surface area contributed by atoms with Crippen LogP contribution in [0, 0.1) is 0 Å². The van der Waals surface area contributed by atoms with Crippen LogP contribution in [-0.2, 0) is 17.7 Å². The van der Waals surface area contributed by atoms with Gasteiger partial charge in [0.2, 0.25) is 5.82 Å². The molecule has 1 N–H and O–H groups in total. The molecule has 1 unspecified atom stereocenters. The lowest BCUT2D eigenvalue weighted by Crippen LogP contribution is -2.23. The molecule has 0 radical (unpaired) electrons. The molecule has 3 rings (SSSR count). The minimum atomic E-state index is -0.105. The Kier molecular flexibility index (Phi) is 3.80. The van der Waals surface area contributed by atoms with Crippen LogP contribution in [0.1, 0.15) is 36.4 Å². The van der Waals surface area contributed by atoms with E-state index in [1.54, 1.807) is 7.11 Å². The zero-order valence-electron chi connectivity index (χ0n) is 11.8. The highest BCUT2D eigenvalue weighted by Crippen LogP contribution is 2.25. The fraction of sp³-hybridized carbons (Fsp3) is 0.467. The third-order valence-corrected chi connectivity index (χ3v) is 3.72. The lowest BCUT2D eigenvalue weighted by molar-refractivity contribution is 0.0903. The van der Waals surface area contributed by atoms with Crippen molar-refractivity contribution in [1.82, 2.24) is 15.5 Å². The standard InChI is InChI=1S/C15H19N3O2/c1-3-13(19-2)14-17-15(20-18-14)11-5-4-10-6-7-16-9-12(10)8-11/h4-5,8,13,16H,3,6-7,9H2,1-2H3. The summed E-state index contributed by atoms with van der Waals surface area (Å²) in [5.41, 5.74) is 3.68. The Morgan fingerprint density at radius 1 is 1.40 bits per heavy atom. The van der Waals surface area contributed by atoms with Crippen LogP contribution in [0.25, 0.3) is 11.5 Å². The van der Waals surface area contributed by atoms with Crippen LogP contribution in [0.5, 0.6) is 0 Å². The Labute approximate surface area is 118 Å². The summed E-state index contributed by atoms with van der Waals surface area (Å²) in [6, 6.07) is 6.34. The zero-order valence-corrected chi connectivity index (χ0v) is 11.8. The van der Waals surface area contributed by atoms with Crippen molar-refractivity contribution in [2.75, 3.05) is 13.7 Å². The van der Waals surface area contributed by atoms with Crippen LogP contribution in [0.2, 0.25) is 0 Å². The molecular weight excluding hydrogens is 254 g/mol. The van der Waals surface area contributed by atoms with Gasteiger partial charge in [0, 0.05) is 19.2 Å². The summed E-state index contributed by atoms with van der Waals surface area (Å²) < 4.78 is 10.7. The van der Waals surface area contributed by atoms with Gasteiger partial charge in [-0.25, -0.2) is 0 Å². The Balaban J connectivity index is 1.89. The number of aromatic nitrogens is 2. The van der Waals surface area contributed by atoms with E-state index in [0.717, 1.165) is 31.5 Å². The predicted molar refractivity (Wildman–Crippen MR) is 75.2 cm³/mol. The van der Waals surface area contributed by atoms with Gasteiger partial charge in [0.05, 0.1) is 0 Å². The number of nitrogens with one attached hydrogen (secondary N) is 1. The van der Waals surface area contributed by atoms with Gasteiger partial charge in [0.15, 0.2) is 0 Å². The molecular formula is C15H19N3O2. The first kappa shape index (κ1) is 13.3. The third kappa shape index (κ3) is 2.46. The first-order valence-corrected chi connectivity index (χ1v) is 7.01. The number of hydrogen-bond acceptors (Lipinski definition) is 5. The molecule has 1 aliphatic heterocycles. The van der Waals surface area contributed by atoms with E-state index in [1.165, 1.54) is 11.1 Å². The molecule has 1 aliphatic rings. The van der Waals surface area contributed by atoms with Crippen LogP contribution in [0.4, 0.5) is 0 Å². The van der Waals surface area contributed by atoms with Crippen molar-refractivity contribution in [2.45, 2.75) is 32.4 Å². The second-order valence-corrected chi connectivity index (χ2v) is 5.00. The summed E-state index contributed by atoms with van der Waals surface area (Å²) >= 11 is 0. The number of fused-ring (bicyclic) bond motifs is 1. The van der Waals surface area contributed by atoms with E-state index in [4.69, 9.17) is 9.26 Å². The largest absolute Gasteiger partial charge is 0.373 e. The molecule has 106 valence electrons. The van der Waals surface area contributed by atoms with Crippen LogP contribution >= 0.6 is 0 Å². The molecule has 1 aromatic carbocycles. The van der Waals surface area contributed by atoms with Gasteiger partial charge in [-0.2, -0.15) is 4.98 Å². The molecule has 0 amide bonds. The first-order valence-electron chi connectivity index (χ1n) is 7.01. The number of ether oxygens (including phenoxy) is 1. The number of nitrogens with zero attached hydrogens (tertiary/aromatic N) is 2. The van der Waals surface area contributed by atoms with Crippen molar-refractivity contribution in [1.29, 1.82) is 0 Å². The van der Waals surface area contributed by atoms with E-state index in [1.807, 2.05) is 6.92 Å². The Morgan fingerprint density at radius 2 is 2.30 bits per heavy atom. The third-order valence-electron chi connectivity index (χ3n) is 3.72. The predicted octanol–water partition coefficient (Wildman–Crippen LogP) is 2.48. The van der Waals surface area contributed by atoms with Gasteiger partial charge < -0.3 is 14.6 Å². The highest BCUT2D eigenvalue weighted by atomic mass is 16.5. The maximum Gasteiger partial charge on any atom is 0.258 e. The molecule has 0 spiro atoms. The van der Waals surface area contributed by atoms with Crippen molar-refractivity contribution < 1.29 is 9.26 Å². The summed E-state index contributed by atoms with van der Waals surface area (Å²) in [6.07, 6.45) is 1.79. The van der Waals surface area contributed by atoms with E-state index in [-0.39, 0.29) is 6.10 Å². The molecule has 2 heterocycles. The summed E-state index contributed by atoms with van der Waals surface area (Å²) in [6.45, 7) is 3.98. The molecule has 5 nitrogen and oxygen atoms in total. The minimum absolute atomic E-state index is 0.105. The SMILES string of the molecule is CCC(OC)c1noc(-c2ccc3c(c2)CNCC3)n1. The smallest absolute Gasteiger partial charge is 0.258 e. The molecule has 0 saturated heterocycles. The van der Waals surface area contributed by atoms with Gasteiger partial charge in [-0.15, -0.1) is 0 Å². The van der Waals surface area contributed by atoms with Crippen LogP contribution < -0.4 is 5.32 Å². The molecule has 0 saturated carbocycles. The first-order chi connectivity index (χ1) is 9.81. The lowest BCUT2D eigenvalue weighted by atomic mass is 9.98. The molecule has 0 aliphatic carbocycles. The molecule has 2 aromatic rings. The zero-order chi connectivity index (χ0) is 13.9. The Morgan fingerprint density at radius 3 is 3.10 bits per heavy atom. The summed E-state index contributed by atoms with van der Waals surface area (Å²) in [7, 11) is 1.66. The maximum atomic E-state index is 5.36. The number of rotatable bonds is 4. The van der Waals surface area contributed by atoms with E-state index in [9.17, 15) is 0 Å². The fourth-order valence-electron chi connectivity index (χ4n) is 2.55. The van der Waals surface area contributed by atoms with Crippen molar-refractivity contribution in [3.8, 4) is 11.5 Å². The number of hydrogen-bond donors (Lipinski definition) is 1. The normalized spacial score (nSPS) is 15.9. The molecule has 0 fully saturated rings. The van der Waals surface area contributed by atoms with Gasteiger partial charge >= 0.3 is 0 Å². The van der Waals surface area contributed by atoms with Crippen molar-refractivity contribution in [3.63, 3.8) is 0 Å². The van der Waals surface area contributed by atoms with Gasteiger partial charge in [-0.05, 0) is 42.6 Å². The average Bonchev–Trinajstić information content (AvgIpc) is 2.98. The minimum Gasteiger partial charge on any atom is -0.373 e. The van der Waals surface area contributed by atoms with Crippen LogP contribution in [0.15, 0.2) is 22.7 Å². The second-order valence-electron chi connectivity index (χ2n) is 5.00. The van der Waals surface area contributed by atoms with E-state index in [2.05, 4.69) is 33.7 Å². The van der Waals surface area contributed by atoms with Gasteiger partial charge in [0.25, 0.3) is 5.89 Å². The lowest BCUT2D eigenvalue weighted by Gasteiger charge is -2.17. The van der Waals surface area contributed by atoms with Crippen molar-refractivity contribution in [2.24, 2.45) is 0 Å².